The Morgan fingerprint density at radius 1 is 1.39 bits per heavy atom. The Hall–Kier alpha value is -0.220. The van der Waals surface area contributed by atoms with E-state index in [4.69, 9.17) is 5.73 Å². The summed E-state index contributed by atoms with van der Waals surface area (Å²) in [6, 6.07) is 0. The Balaban J connectivity index is 0.00000264. The molecule has 8 heteroatoms. The lowest BCUT2D eigenvalue weighted by Gasteiger charge is -2.35. The normalized spacial score (nSPS) is 15.9. The molecule has 2 rings (SSSR count). The van der Waals surface area contributed by atoms with Crippen LogP contribution < -0.4 is 10.6 Å². The molecule has 1 fully saturated rings. The highest BCUT2D eigenvalue weighted by Gasteiger charge is 2.19. The number of aromatic nitrogens is 1. The second-order valence-corrected chi connectivity index (χ2v) is 7.87. The van der Waals surface area contributed by atoms with Crippen molar-refractivity contribution in [1.29, 1.82) is 0 Å². The van der Waals surface area contributed by atoms with Crippen molar-refractivity contribution in [3.05, 3.63) is 11.6 Å². The van der Waals surface area contributed by atoms with E-state index >= 15 is 0 Å². The fourth-order valence-corrected chi connectivity index (χ4v) is 3.95. The number of hydrogen-bond acceptors (Lipinski definition) is 5. The summed E-state index contributed by atoms with van der Waals surface area (Å²) in [5.41, 5.74) is 6.11. The van der Waals surface area contributed by atoms with Gasteiger partial charge < -0.3 is 15.5 Å². The monoisotopic (exact) mass is 469 g/mol. The zero-order valence-corrected chi connectivity index (χ0v) is 17.9. The van der Waals surface area contributed by atoms with Crippen molar-refractivity contribution in [1.82, 2.24) is 9.88 Å². The van der Waals surface area contributed by atoms with Crippen LogP contribution in [0.5, 0.6) is 0 Å². The van der Waals surface area contributed by atoms with Gasteiger partial charge in [-0.2, -0.15) is 11.8 Å². The van der Waals surface area contributed by atoms with Gasteiger partial charge >= 0.3 is 0 Å². The van der Waals surface area contributed by atoms with Crippen LogP contribution in [0.15, 0.2) is 16.6 Å². The smallest absolute Gasteiger partial charge is 0.191 e. The Morgan fingerprint density at radius 3 is 2.74 bits per heavy atom. The molecule has 2 heterocycles. The van der Waals surface area contributed by atoms with Gasteiger partial charge in [0.2, 0.25) is 0 Å². The third kappa shape index (κ3) is 7.47. The Morgan fingerprint density at radius 2 is 2.13 bits per heavy atom. The van der Waals surface area contributed by atoms with E-state index < -0.39 is 0 Å². The number of halogens is 1. The van der Waals surface area contributed by atoms with Crippen LogP contribution in [0.4, 0.5) is 5.13 Å². The summed E-state index contributed by atoms with van der Waals surface area (Å²) in [6.45, 7) is 9.14. The number of nitrogens with two attached hydrogens (primary N) is 1. The second kappa shape index (κ2) is 11.4. The molecule has 0 spiro atoms. The van der Waals surface area contributed by atoms with Crippen molar-refractivity contribution in [2.24, 2.45) is 16.6 Å². The molecule has 23 heavy (non-hydrogen) atoms. The maximum Gasteiger partial charge on any atom is 0.191 e. The second-order valence-electron chi connectivity index (χ2n) is 5.85. The minimum atomic E-state index is 0. The first-order chi connectivity index (χ1) is 10.7. The molecule has 0 radical (unpaired) electrons. The Labute approximate surface area is 165 Å². The van der Waals surface area contributed by atoms with Crippen LogP contribution in [0, 0.1) is 5.92 Å². The molecule has 132 valence electrons. The summed E-state index contributed by atoms with van der Waals surface area (Å²) in [6.07, 6.45) is 2.97. The average molecular weight is 469 g/mol. The van der Waals surface area contributed by atoms with Crippen LogP contribution >= 0.6 is 47.1 Å². The summed E-state index contributed by atoms with van der Waals surface area (Å²) in [4.78, 5) is 13.4. The lowest BCUT2D eigenvalue weighted by Crippen LogP contribution is -2.51. The number of anilines is 1. The lowest BCUT2D eigenvalue weighted by molar-refractivity contribution is 0.380. The number of piperazine rings is 1. The van der Waals surface area contributed by atoms with Crippen LogP contribution in [0.25, 0.3) is 0 Å². The van der Waals surface area contributed by atoms with Crippen LogP contribution in [-0.4, -0.2) is 60.1 Å². The van der Waals surface area contributed by atoms with Crippen LogP contribution in [0.3, 0.4) is 0 Å². The van der Waals surface area contributed by atoms with E-state index in [1.165, 1.54) is 11.5 Å². The van der Waals surface area contributed by atoms with Crippen molar-refractivity contribution in [2.45, 2.75) is 20.3 Å². The summed E-state index contributed by atoms with van der Waals surface area (Å²) in [5, 5.41) is 3.13. The molecule has 0 unspecified atom stereocenters. The number of thioether (sulfide) groups is 1. The Bertz CT molecular complexity index is 445. The van der Waals surface area contributed by atoms with Crippen LogP contribution in [0.2, 0.25) is 0 Å². The van der Waals surface area contributed by atoms with E-state index in [0.29, 0.717) is 5.96 Å². The van der Waals surface area contributed by atoms with E-state index in [9.17, 15) is 0 Å². The number of nitrogens with zero attached hydrogens (tertiary/aromatic N) is 4. The van der Waals surface area contributed by atoms with Gasteiger partial charge in [0, 0.05) is 44.3 Å². The zero-order valence-electron chi connectivity index (χ0n) is 14.0. The number of aliphatic imine (C=N–C) groups is 1. The van der Waals surface area contributed by atoms with Crippen molar-refractivity contribution in [2.75, 3.05) is 49.1 Å². The van der Waals surface area contributed by atoms with Gasteiger partial charge in [0.15, 0.2) is 11.1 Å². The first-order valence-electron chi connectivity index (χ1n) is 7.94. The largest absolute Gasteiger partial charge is 0.370 e. The first kappa shape index (κ1) is 20.8. The molecule has 1 saturated heterocycles. The summed E-state index contributed by atoms with van der Waals surface area (Å²) in [5.74, 6) is 3.88. The predicted molar refractivity (Wildman–Crippen MR) is 115 cm³/mol. The number of thiazole rings is 1. The Kier molecular flexibility index (Phi) is 10.3. The maximum atomic E-state index is 6.11. The van der Waals surface area contributed by atoms with Gasteiger partial charge in [-0.1, -0.05) is 13.8 Å². The quantitative estimate of drug-likeness (QED) is 0.288. The number of rotatable bonds is 7. The van der Waals surface area contributed by atoms with E-state index in [1.807, 2.05) is 23.3 Å². The molecule has 0 amide bonds. The highest BCUT2D eigenvalue weighted by atomic mass is 127. The SMILES string of the molecule is CC(C)CSCCCN=C(N)N1CCN(c2nccs2)CC1.I. The zero-order chi connectivity index (χ0) is 15.8. The minimum absolute atomic E-state index is 0. The molecule has 0 aromatic carbocycles. The molecule has 1 aliphatic heterocycles. The predicted octanol–water partition coefficient (Wildman–Crippen LogP) is 2.98. The molecular formula is C15H28IN5S2. The highest BCUT2D eigenvalue weighted by Crippen LogP contribution is 2.18. The van der Waals surface area contributed by atoms with Crippen molar-refractivity contribution in [3.8, 4) is 0 Å². The van der Waals surface area contributed by atoms with Crippen LogP contribution in [-0.2, 0) is 0 Å². The fourth-order valence-electron chi connectivity index (χ4n) is 2.28. The van der Waals surface area contributed by atoms with Gasteiger partial charge in [-0.3, -0.25) is 4.99 Å². The molecule has 2 N–H and O–H groups in total. The first-order valence-corrected chi connectivity index (χ1v) is 9.97. The molecule has 1 aromatic rings. The van der Waals surface area contributed by atoms with Crippen molar-refractivity contribution >= 4 is 58.2 Å². The minimum Gasteiger partial charge on any atom is -0.370 e. The molecule has 0 aliphatic carbocycles. The van der Waals surface area contributed by atoms with Gasteiger partial charge in [0.05, 0.1) is 0 Å². The van der Waals surface area contributed by atoms with Gasteiger partial charge in [0.1, 0.15) is 0 Å². The van der Waals surface area contributed by atoms with E-state index in [2.05, 4.69) is 33.6 Å². The standard InChI is InChI=1S/C15H27N5S2.HI/c1-13(2)12-21-10-3-4-17-14(16)19-6-8-20(9-7-19)15-18-5-11-22-15;/h5,11,13H,3-4,6-10,12H2,1-2H3,(H2,16,17);1H. The highest BCUT2D eigenvalue weighted by molar-refractivity contribution is 14.0. The number of guanidine groups is 1. The summed E-state index contributed by atoms with van der Waals surface area (Å²) in [7, 11) is 0. The molecule has 0 atom stereocenters. The molecule has 0 saturated carbocycles. The molecule has 1 aromatic heterocycles. The lowest BCUT2D eigenvalue weighted by atomic mass is 10.3. The third-order valence-electron chi connectivity index (χ3n) is 3.47. The van der Waals surface area contributed by atoms with Crippen LogP contribution in [0.1, 0.15) is 20.3 Å². The molecule has 0 bridgehead atoms. The average Bonchev–Trinajstić information content (AvgIpc) is 3.05. The summed E-state index contributed by atoms with van der Waals surface area (Å²) < 4.78 is 0. The summed E-state index contributed by atoms with van der Waals surface area (Å²) >= 11 is 3.71. The molecular weight excluding hydrogens is 441 g/mol. The molecule has 5 nitrogen and oxygen atoms in total. The van der Waals surface area contributed by atoms with Crippen molar-refractivity contribution < 1.29 is 0 Å². The maximum absolute atomic E-state index is 6.11. The van der Waals surface area contributed by atoms with Gasteiger partial charge in [0.25, 0.3) is 0 Å². The van der Waals surface area contributed by atoms with Gasteiger partial charge in [-0.15, -0.1) is 35.3 Å². The molecule has 1 aliphatic rings. The number of hydrogen-bond donors (Lipinski definition) is 1. The van der Waals surface area contributed by atoms with E-state index in [-0.39, 0.29) is 24.0 Å². The third-order valence-corrected chi connectivity index (χ3v) is 5.78. The van der Waals surface area contributed by atoms with E-state index in [0.717, 1.165) is 50.2 Å². The van der Waals surface area contributed by atoms with Gasteiger partial charge in [-0.25, -0.2) is 4.98 Å². The fraction of sp³-hybridized carbons (Fsp3) is 0.733. The topological polar surface area (TPSA) is 57.8 Å². The van der Waals surface area contributed by atoms with E-state index in [1.54, 1.807) is 11.3 Å². The van der Waals surface area contributed by atoms with Crippen molar-refractivity contribution in [3.63, 3.8) is 0 Å². The van der Waals surface area contributed by atoms with Gasteiger partial charge in [-0.05, 0) is 23.8 Å².